The van der Waals surface area contributed by atoms with Crippen LogP contribution in [0.1, 0.15) is 17.0 Å². The first-order valence-electron chi connectivity index (χ1n) is 6.92. The van der Waals surface area contributed by atoms with Gasteiger partial charge in [-0.1, -0.05) is 0 Å². The summed E-state index contributed by atoms with van der Waals surface area (Å²) in [6.45, 7) is 4.44. The Hall–Kier alpha value is -2.50. The first-order chi connectivity index (χ1) is 10.6. The molecule has 1 heterocycles. The van der Waals surface area contributed by atoms with Crippen molar-refractivity contribution in [2.24, 2.45) is 0 Å². The number of nitrogens with zero attached hydrogens (tertiary/aromatic N) is 2. The molecule has 1 aromatic carbocycles. The van der Waals surface area contributed by atoms with Crippen molar-refractivity contribution in [1.82, 2.24) is 9.97 Å². The van der Waals surface area contributed by atoms with Crippen molar-refractivity contribution < 1.29 is 14.2 Å². The number of anilines is 1. The minimum absolute atomic E-state index is 0.555. The smallest absolute Gasteiger partial charge is 0.223 e. The van der Waals surface area contributed by atoms with Gasteiger partial charge in [-0.3, -0.25) is 0 Å². The molecule has 0 spiro atoms. The molecular formula is C16H21N3O3. The summed E-state index contributed by atoms with van der Waals surface area (Å²) in [5.74, 6) is 2.43. The Morgan fingerprint density at radius 2 is 1.41 bits per heavy atom. The highest BCUT2D eigenvalue weighted by molar-refractivity contribution is 5.54. The number of ether oxygens (including phenoxy) is 3. The fourth-order valence-corrected chi connectivity index (χ4v) is 2.22. The van der Waals surface area contributed by atoms with Crippen molar-refractivity contribution in [2.75, 3.05) is 26.6 Å². The molecule has 0 saturated heterocycles. The average molecular weight is 303 g/mol. The molecule has 1 aromatic heterocycles. The molecule has 22 heavy (non-hydrogen) atoms. The predicted molar refractivity (Wildman–Crippen MR) is 84.9 cm³/mol. The number of hydrogen-bond acceptors (Lipinski definition) is 6. The van der Waals surface area contributed by atoms with Crippen LogP contribution in [0.15, 0.2) is 18.2 Å². The maximum atomic E-state index is 5.35. The van der Waals surface area contributed by atoms with Gasteiger partial charge in [0.15, 0.2) is 11.5 Å². The van der Waals surface area contributed by atoms with E-state index in [1.54, 1.807) is 21.3 Å². The Balaban J connectivity index is 2.22. The van der Waals surface area contributed by atoms with E-state index in [-0.39, 0.29) is 0 Å². The Bertz CT molecular complexity index is 614. The number of benzene rings is 1. The van der Waals surface area contributed by atoms with E-state index in [1.807, 2.05) is 32.0 Å². The molecule has 0 amide bonds. The summed E-state index contributed by atoms with van der Waals surface area (Å²) in [4.78, 5) is 8.72. The third kappa shape index (κ3) is 3.58. The molecule has 118 valence electrons. The molecule has 0 radical (unpaired) electrons. The van der Waals surface area contributed by atoms with Gasteiger partial charge < -0.3 is 19.5 Å². The topological polar surface area (TPSA) is 65.5 Å². The summed E-state index contributed by atoms with van der Waals surface area (Å²) in [6, 6.07) is 5.73. The van der Waals surface area contributed by atoms with E-state index in [0.29, 0.717) is 29.7 Å². The van der Waals surface area contributed by atoms with Crippen molar-refractivity contribution in [3.05, 3.63) is 35.2 Å². The number of rotatable bonds is 6. The van der Waals surface area contributed by atoms with Crippen LogP contribution in [0.3, 0.4) is 0 Å². The zero-order chi connectivity index (χ0) is 16.1. The Kier molecular flexibility index (Phi) is 5.04. The zero-order valence-electron chi connectivity index (χ0n) is 13.6. The summed E-state index contributed by atoms with van der Waals surface area (Å²) in [5.41, 5.74) is 2.84. The van der Waals surface area contributed by atoms with Crippen LogP contribution in [0.25, 0.3) is 0 Å². The van der Waals surface area contributed by atoms with Gasteiger partial charge in [0.05, 0.1) is 21.3 Å². The van der Waals surface area contributed by atoms with E-state index in [9.17, 15) is 0 Å². The first-order valence-corrected chi connectivity index (χ1v) is 6.92. The average Bonchev–Trinajstić information content (AvgIpc) is 2.50. The minimum Gasteiger partial charge on any atom is -0.493 e. The van der Waals surface area contributed by atoms with Crippen molar-refractivity contribution in [3.8, 4) is 17.2 Å². The van der Waals surface area contributed by atoms with Crippen LogP contribution in [-0.4, -0.2) is 31.3 Å². The highest BCUT2D eigenvalue weighted by atomic mass is 16.5. The molecular weight excluding hydrogens is 282 g/mol. The van der Waals surface area contributed by atoms with Gasteiger partial charge in [0.1, 0.15) is 0 Å². The van der Waals surface area contributed by atoms with Gasteiger partial charge in [-0.05, 0) is 37.6 Å². The number of nitrogens with one attached hydrogen (secondary N) is 1. The summed E-state index contributed by atoms with van der Waals surface area (Å²) >= 11 is 0. The summed E-state index contributed by atoms with van der Waals surface area (Å²) < 4.78 is 16.0. The zero-order valence-corrected chi connectivity index (χ0v) is 13.6. The lowest BCUT2D eigenvalue weighted by Crippen LogP contribution is -2.06. The van der Waals surface area contributed by atoms with Crippen LogP contribution < -0.4 is 19.5 Å². The molecule has 1 N–H and O–H groups in total. The van der Waals surface area contributed by atoms with Crippen molar-refractivity contribution in [1.29, 1.82) is 0 Å². The monoisotopic (exact) mass is 303 g/mol. The molecule has 0 atom stereocenters. The molecule has 0 aliphatic heterocycles. The number of aryl methyl sites for hydroxylation is 2. The highest BCUT2D eigenvalue weighted by Gasteiger charge is 2.13. The van der Waals surface area contributed by atoms with E-state index in [2.05, 4.69) is 15.3 Å². The molecule has 2 rings (SSSR count). The van der Waals surface area contributed by atoms with E-state index in [1.165, 1.54) is 0 Å². The molecule has 0 saturated carbocycles. The third-order valence-electron chi connectivity index (χ3n) is 3.16. The van der Waals surface area contributed by atoms with Crippen LogP contribution >= 0.6 is 0 Å². The summed E-state index contributed by atoms with van der Waals surface area (Å²) in [5, 5.41) is 3.21. The maximum Gasteiger partial charge on any atom is 0.223 e. The van der Waals surface area contributed by atoms with E-state index < -0.39 is 0 Å². The van der Waals surface area contributed by atoms with Crippen molar-refractivity contribution in [3.63, 3.8) is 0 Å². The Labute approximate surface area is 130 Å². The second-order valence-corrected chi connectivity index (χ2v) is 4.86. The molecule has 0 unspecified atom stereocenters. The second-order valence-electron chi connectivity index (χ2n) is 4.86. The van der Waals surface area contributed by atoms with Gasteiger partial charge in [-0.15, -0.1) is 0 Å². The highest BCUT2D eigenvalue weighted by Crippen LogP contribution is 2.38. The fraction of sp³-hybridized carbons (Fsp3) is 0.375. The lowest BCUT2D eigenvalue weighted by molar-refractivity contribution is 0.324. The Morgan fingerprint density at radius 3 is 1.86 bits per heavy atom. The van der Waals surface area contributed by atoms with Gasteiger partial charge >= 0.3 is 0 Å². The maximum absolute atomic E-state index is 5.35. The quantitative estimate of drug-likeness (QED) is 0.885. The first kappa shape index (κ1) is 15.9. The molecule has 0 fully saturated rings. The summed E-state index contributed by atoms with van der Waals surface area (Å²) in [6.07, 6.45) is 0. The van der Waals surface area contributed by atoms with Gasteiger partial charge in [-0.25, -0.2) is 9.97 Å². The SMILES string of the molecule is COc1cc(CNc2nc(C)cc(C)n2)cc(OC)c1OC. The van der Waals surface area contributed by atoms with E-state index in [0.717, 1.165) is 17.0 Å². The lowest BCUT2D eigenvalue weighted by Gasteiger charge is -2.14. The van der Waals surface area contributed by atoms with Crippen molar-refractivity contribution in [2.45, 2.75) is 20.4 Å². The van der Waals surface area contributed by atoms with Crippen LogP contribution in [0.4, 0.5) is 5.95 Å². The third-order valence-corrected chi connectivity index (χ3v) is 3.16. The number of hydrogen-bond donors (Lipinski definition) is 1. The van der Waals surface area contributed by atoms with Crippen LogP contribution in [-0.2, 0) is 6.54 Å². The minimum atomic E-state index is 0.555. The van der Waals surface area contributed by atoms with Crippen LogP contribution in [0.2, 0.25) is 0 Å². The summed E-state index contributed by atoms with van der Waals surface area (Å²) in [7, 11) is 4.78. The van der Waals surface area contributed by atoms with Crippen LogP contribution in [0, 0.1) is 13.8 Å². The van der Waals surface area contributed by atoms with Crippen molar-refractivity contribution >= 4 is 5.95 Å². The Morgan fingerprint density at radius 1 is 0.864 bits per heavy atom. The lowest BCUT2D eigenvalue weighted by atomic mass is 10.2. The van der Waals surface area contributed by atoms with Gasteiger partial charge in [-0.2, -0.15) is 0 Å². The molecule has 2 aromatic rings. The predicted octanol–water partition coefficient (Wildman–Crippen LogP) is 2.73. The van der Waals surface area contributed by atoms with Gasteiger partial charge in [0.25, 0.3) is 0 Å². The van der Waals surface area contributed by atoms with Gasteiger partial charge in [0.2, 0.25) is 11.7 Å². The molecule has 0 aliphatic carbocycles. The number of aromatic nitrogens is 2. The largest absolute Gasteiger partial charge is 0.493 e. The fourth-order valence-electron chi connectivity index (χ4n) is 2.22. The van der Waals surface area contributed by atoms with Crippen LogP contribution in [0.5, 0.6) is 17.2 Å². The molecule has 0 aliphatic rings. The molecule has 6 nitrogen and oxygen atoms in total. The second kappa shape index (κ2) is 6.98. The van der Waals surface area contributed by atoms with E-state index >= 15 is 0 Å². The standard InChI is InChI=1S/C16H21N3O3/c1-10-6-11(2)19-16(18-10)17-9-12-7-13(20-3)15(22-5)14(8-12)21-4/h6-8H,9H2,1-5H3,(H,17,18,19). The molecule has 6 heteroatoms. The normalized spacial score (nSPS) is 10.2. The molecule has 0 bridgehead atoms. The number of methoxy groups -OCH3 is 3. The van der Waals surface area contributed by atoms with E-state index in [4.69, 9.17) is 14.2 Å². The van der Waals surface area contributed by atoms with Gasteiger partial charge in [0, 0.05) is 17.9 Å².